The Morgan fingerprint density at radius 2 is 1.94 bits per heavy atom. The molecule has 2 aromatic heterocycles. The van der Waals surface area contributed by atoms with E-state index in [1.807, 2.05) is 6.92 Å². The van der Waals surface area contributed by atoms with E-state index >= 15 is 0 Å². The van der Waals surface area contributed by atoms with Crippen LogP contribution in [-0.2, 0) is 13.1 Å². The summed E-state index contributed by atoms with van der Waals surface area (Å²) in [4.78, 5) is 8.29. The summed E-state index contributed by atoms with van der Waals surface area (Å²) in [6, 6.07) is 1.81. The van der Waals surface area contributed by atoms with Crippen LogP contribution < -0.4 is 5.32 Å². The summed E-state index contributed by atoms with van der Waals surface area (Å²) in [5, 5.41) is 7.77. The first-order valence-corrected chi connectivity index (χ1v) is 6.26. The van der Waals surface area contributed by atoms with Crippen molar-refractivity contribution in [1.82, 2.24) is 19.7 Å². The maximum absolute atomic E-state index is 4.55. The highest BCUT2D eigenvalue weighted by molar-refractivity contribution is 5.31. The first kappa shape index (κ1) is 12.5. The highest BCUT2D eigenvalue weighted by Gasteiger charge is 2.10. The van der Waals surface area contributed by atoms with E-state index in [1.54, 1.807) is 18.5 Å². The quantitative estimate of drug-likeness (QED) is 0.878. The third-order valence-corrected chi connectivity index (χ3v) is 2.96. The standard InChI is InChI=1S/C13H19N5/c1-4-8-18-11(3)12(10(2)17-18)9-16-13-14-6-5-7-15-13/h5-7H,4,8-9H2,1-3H3,(H,14,15,16). The molecule has 0 aliphatic rings. The number of nitrogens with one attached hydrogen (secondary N) is 1. The maximum atomic E-state index is 4.55. The van der Waals surface area contributed by atoms with Crippen LogP contribution in [0.25, 0.3) is 0 Å². The first-order valence-electron chi connectivity index (χ1n) is 6.26. The summed E-state index contributed by atoms with van der Waals surface area (Å²) in [7, 11) is 0. The molecule has 2 heterocycles. The molecule has 0 fully saturated rings. The zero-order valence-electron chi connectivity index (χ0n) is 11.1. The van der Waals surface area contributed by atoms with Crippen molar-refractivity contribution in [2.24, 2.45) is 0 Å². The Kier molecular flexibility index (Phi) is 3.92. The predicted molar refractivity (Wildman–Crippen MR) is 71.4 cm³/mol. The van der Waals surface area contributed by atoms with Crippen molar-refractivity contribution < 1.29 is 0 Å². The van der Waals surface area contributed by atoms with Crippen LogP contribution in [0.5, 0.6) is 0 Å². The van der Waals surface area contributed by atoms with Crippen molar-refractivity contribution in [3.05, 3.63) is 35.4 Å². The van der Waals surface area contributed by atoms with Gasteiger partial charge in [-0.15, -0.1) is 0 Å². The van der Waals surface area contributed by atoms with Gasteiger partial charge in [0, 0.05) is 36.7 Å². The third kappa shape index (κ3) is 2.67. The molecule has 1 N–H and O–H groups in total. The molecule has 0 amide bonds. The minimum atomic E-state index is 0.652. The summed E-state index contributed by atoms with van der Waals surface area (Å²) in [5.74, 6) is 0.652. The molecule has 2 aromatic rings. The summed E-state index contributed by atoms with van der Waals surface area (Å²) < 4.78 is 2.07. The smallest absolute Gasteiger partial charge is 0.222 e. The second-order valence-electron chi connectivity index (χ2n) is 4.30. The molecule has 0 aliphatic heterocycles. The highest BCUT2D eigenvalue weighted by atomic mass is 15.3. The van der Waals surface area contributed by atoms with Gasteiger partial charge in [-0.1, -0.05) is 6.92 Å². The van der Waals surface area contributed by atoms with Gasteiger partial charge >= 0.3 is 0 Å². The van der Waals surface area contributed by atoms with Crippen LogP contribution in [0, 0.1) is 13.8 Å². The van der Waals surface area contributed by atoms with Gasteiger partial charge in [0.2, 0.25) is 5.95 Å². The van der Waals surface area contributed by atoms with Crippen LogP contribution in [0.4, 0.5) is 5.95 Å². The Bertz CT molecular complexity index is 504. The molecule has 96 valence electrons. The molecular weight excluding hydrogens is 226 g/mol. The fourth-order valence-electron chi connectivity index (χ4n) is 1.98. The van der Waals surface area contributed by atoms with Crippen molar-refractivity contribution in [3.8, 4) is 0 Å². The lowest BCUT2D eigenvalue weighted by atomic mass is 10.2. The highest BCUT2D eigenvalue weighted by Crippen LogP contribution is 2.14. The fourth-order valence-corrected chi connectivity index (χ4v) is 1.98. The third-order valence-electron chi connectivity index (χ3n) is 2.96. The van der Waals surface area contributed by atoms with E-state index in [4.69, 9.17) is 0 Å². The van der Waals surface area contributed by atoms with E-state index in [9.17, 15) is 0 Å². The van der Waals surface area contributed by atoms with Gasteiger partial charge in [-0.3, -0.25) is 4.68 Å². The molecule has 18 heavy (non-hydrogen) atoms. The van der Waals surface area contributed by atoms with Crippen molar-refractivity contribution in [2.45, 2.75) is 40.3 Å². The van der Waals surface area contributed by atoms with E-state index < -0.39 is 0 Å². The monoisotopic (exact) mass is 245 g/mol. The molecule has 0 unspecified atom stereocenters. The average Bonchev–Trinajstić information content (AvgIpc) is 2.64. The molecule has 2 rings (SSSR count). The Morgan fingerprint density at radius 1 is 1.22 bits per heavy atom. The second kappa shape index (κ2) is 5.62. The number of hydrogen-bond acceptors (Lipinski definition) is 4. The van der Waals surface area contributed by atoms with Gasteiger partial charge in [-0.2, -0.15) is 5.10 Å². The van der Waals surface area contributed by atoms with Crippen LogP contribution in [0.15, 0.2) is 18.5 Å². The number of anilines is 1. The van der Waals surface area contributed by atoms with E-state index in [0.29, 0.717) is 12.5 Å². The van der Waals surface area contributed by atoms with Gasteiger partial charge in [0.1, 0.15) is 0 Å². The summed E-state index contributed by atoms with van der Waals surface area (Å²) in [5.41, 5.74) is 3.53. The van der Waals surface area contributed by atoms with E-state index in [1.165, 1.54) is 11.3 Å². The Labute approximate surface area is 107 Å². The van der Waals surface area contributed by atoms with Crippen LogP contribution in [-0.4, -0.2) is 19.7 Å². The Hall–Kier alpha value is -1.91. The Balaban J connectivity index is 2.10. The molecule has 0 aromatic carbocycles. The lowest BCUT2D eigenvalue weighted by Crippen LogP contribution is -2.06. The number of hydrogen-bond donors (Lipinski definition) is 1. The van der Waals surface area contributed by atoms with E-state index in [2.05, 4.69) is 38.9 Å². The summed E-state index contributed by atoms with van der Waals surface area (Å²) in [6.07, 6.45) is 4.56. The number of aromatic nitrogens is 4. The molecule has 0 radical (unpaired) electrons. The fraction of sp³-hybridized carbons (Fsp3) is 0.462. The predicted octanol–water partition coefficient (Wildman–Crippen LogP) is 2.31. The average molecular weight is 245 g/mol. The molecule has 0 spiro atoms. The van der Waals surface area contributed by atoms with Crippen LogP contribution in [0.2, 0.25) is 0 Å². The molecule has 5 nitrogen and oxygen atoms in total. The van der Waals surface area contributed by atoms with Crippen molar-refractivity contribution >= 4 is 5.95 Å². The Morgan fingerprint density at radius 3 is 2.61 bits per heavy atom. The molecule has 0 atom stereocenters. The van der Waals surface area contributed by atoms with Gasteiger partial charge in [0.05, 0.1) is 5.69 Å². The van der Waals surface area contributed by atoms with Gasteiger partial charge < -0.3 is 5.32 Å². The topological polar surface area (TPSA) is 55.6 Å². The summed E-state index contributed by atoms with van der Waals surface area (Å²) in [6.45, 7) is 7.99. The van der Waals surface area contributed by atoms with Gasteiger partial charge in [0.15, 0.2) is 0 Å². The molecule has 0 saturated carbocycles. The van der Waals surface area contributed by atoms with Crippen molar-refractivity contribution in [2.75, 3.05) is 5.32 Å². The number of nitrogens with zero attached hydrogens (tertiary/aromatic N) is 4. The lowest BCUT2D eigenvalue weighted by molar-refractivity contribution is 0.582. The number of rotatable bonds is 5. The van der Waals surface area contributed by atoms with Crippen molar-refractivity contribution in [1.29, 1.82) is 0 Å². The van der Waals surface area contributed by atoms with Gasteiger partial charge in [0.25, 0.3) is 0 Å². The number of aryl methyl sites for hydroxylation is 2. The van der Waals surface area contributed by atoms with E-state index in [-0.39, 0.29) is 0 Å². The molecule has 0 saturated heterocycles. The first-order chi connectivity index (χ1) is 8.72. The minimum absolute atomic E-state index is 0.652. The molecule has 5 heteroatoms. The maximum Gasteiger partial charge on any atom is 0.222 e. The SMILES string of the molecule is CCCn1nc(C)c(CNc2ncccn2)c1C. The summed E-state index contributed by atoms with van der Waals surface area (Å²) >= 11 is 0. The molecule has 0 aliphatic carbocycles. The zero-order chi connectivity index (χ0) is 13.0. The largest absolute Gasteiger partial charge is 0.350 e. The van der Waals surface area contributed by atoms with Crippen molar-refractivity contribution in [3.63, 3.8) is 0 Å². The van der Waals surface area contributed by atoms with Gasteiger partial charge in [-0.25, -0.2) is 9.97 Å². The molecular formula is C13H19N5. The van der Waals surface area contributed by atoms with Crippen LogP contribution in [0.1, 0.15) is 30.3 Å². The minimum Gasteiger partial charge on any atom is -0.350 e. The van der Waals surface area contributed by atoms with E-state index in [0.717, 1.165) is 18.7 Å². The zero-order valence-corrected chi connectivity index (χ0v) is 11.1. The normalized spacial score (nSPS) is 10.6. The van der Waals surface area contributed by atoms with Gasteiger partial charge in [-0.05, 0) is 26.3 Å². The second-order valence-corrected chi connectivity index (χ2v) is 4.30. The van der Waals surface area contributed by atoms with Crippen LogP contribution in [0.3, 0.4) is 0 Å². The van der Waals surface area contributed by atoms with Crippen LogP contribution >= 0.6 is 0 Å². The lowest BCUT2D eigenvalue weighted by Gasteiger charge is -2.05. The molecule has 0 bridgehead atoms.